The SMILES string of the molecule is CCCCN(CC)c1cc(N)c(C(N)=O)s1. The molecule has 0 atom stereocenters. The predicted molar refractivity (Wildman–Crippen MR) is 70.0 cm³/mol. The van der Waals surface area contributed by atoms with E-state index in [0.717, 1.165) is 30.9 Å². The molecule has 0 fully saturated rings. The van der Waals surface area contributed by atoms with Crippen LogP contribution in [0.2, 0.25) is 0 Å². The van der Waals surface area contributed by atoms with Crippen LogP contribution < -0.4 is 16.4 Å². The maximum absolute atomic E-state index is 11.1. The molecule has 1 heterocycles. The number of nitrogen functional groups attached to an aromatic ring is 1. The van der Waals surface area contributed by atoms with Crippen molar-refractivity contribution in [2.75, 3.05) is 23.7 Å². The van der Waals surface area contributed by atoms with Gasteiger partial charge in [-0.25, -0.2) is 0 Å². The number of nitrogens with zero attached hydrogens (tertiary/aromatic N) is 1. The highest BCUT2D eigenvalue weighted by Crippen LogP contribution is 2.31. The zero-order chi connectivity index (χ0) is 12.1. The van der Waals surface area contributed by atoms with E-state index in [-0.39, 0.29) is 0 Å². The van der Waals surface area contributed by atoms with Gasteiger partial charge in [0.15, 0.2) is 0 Å². The Morgan fingerprint density at radius 3 is 2.62 bits per heavy atom. The van der Waals surface area contributed by atoms with Crippen LogP contribution in [0.5, 0.6) is 0 Å². The van der Waals surface area contributed by atoms with Gasteiger partial charge in [-0.3, -0.25) is 4.79 Å². The van der Waals surface area contributed by atoms with Gasteiger partial charge in [0.2, 0.25) is 0 Å². The van der Waals surface area contributed by atoms with Crippen molar-refractivity contribution in [3.05, 3.63) is 10.9 Å². The Hall–Kier alpha value is -1.23. The number of nitrogens with two attached hydrogens (primary N) is 2. The summed E-state index contributed by atoms with van der Waals surface area (Å²) in [6, 6.07) is 1.84. The first-order chi connectivity index (χ1) is 7.60. The van der Waals surface area contributed by atoms with Gasteiger partial charge in [0.05, 0.1) is 10.7 Å². The van der Waals surface area contributed by atoms with Gasteiger partial charge in [-0.2, -0.15) is 0 Å². The van der Waals surface area contributed by atoms with Gasteiger partial charge in [0, 0.05) is 13.1 Å². The summed E-state index contributed by atoms with van der Waals surface area (Å²) in [6.07, 6.45) is 2.29. The minimum Gasteiger partial charge on any atom is -0.397 e. The number of thiophene rings is 1. The van der Waals surface area contributed by atoms with Crippen molar-refractivity contribution in [1.82, 2.24) is 0 Å². The summed E-state index contributed by atoms with van der Waals surface area (Å²) >= 11 is 1.38. The fraction of sp³-hybridized carbons (Fsp3) is 0.545. The monoisotopic (exact) mass is 241 g/mol. The van der Waals surface area contributed by atoms with Crippen LogP contribution in [0.15, 0.2) is 6.07 Å². The van der Waals surface area contributed by atoms with E-state index >= 15 is 0 Å². The molecule has 16 heavy (non-hydrogen) atoms. The Morgan fingerprint density at radius 1 is 1.50 bits per heavy atom. The Bertz CT molecular complexity index is 362. The highest BCUT2D eigenvalue weighted by atomic mass is 32.1. The van der Waals surface area contributed by atoms with Crippen molar-refractivity contribution >= 4 is 27.9 Å². The lowest BCUT2D eigenvalue weighted by Crippen LogP contribution is -2.22. The van der Waals surface area contributed by atoms with Crippen LogP contribution in [0.1, 0.15) is 36.4 Å². The molecule has 0 aliphatic heterocycles. The topological polar surface area (TPSA) is 72.3 Å². The molecule has 90 valence electrons. The summed E-state index contributed by atoms with van der Waals surface area (Å²) < 4.78 is 0. The molecule has 0 spiro atoms. The number of hydrogen-bond donors (Lipinski definition) is 2. The third-order valence-corrected chi connectivity index (χ3v) is 3.67. The molecule has 0 aromatic carbocycles. The Morgan fingerprint density at radius 2 is 2.19 bits per heavy atom. The zero-order valence-corrected chi connectivity index (χ0v) is 10.6. The summed E-state index contributed by atoms with van der Waals surface area (Å²) in [5.74, 6) is -0.444. The third-order valence-electron chi connectivity index (χ3n) is 2.45. The van der Waals surface area contributed by atoms with Crippen LogP contribution in [0, 0.1) is 0 Å². The second-order valence-corrected chi connectivity index (χ2v) is 4.70. The molecular weight excluding hydrogens is 222 g/mol. The maximum Gasteiger partial charge on any atom is 0.260 e. The van der Waals surface area contributed by atoms with Gasteiger partial charge in [0.1, 0.15) is 4.88 Å². The molecule has 4 nitrogen and oxygen atoms in total. The summed E-state index contributed by atoms with van der Waals surface area (Å²) in [6.45, 7) is 6.16. The van der Waals surface area contributed by atoms with Crippen molar-refractivity contribution in [2.45, 2.75) is 26.7 Å². The largest absolute Gasteiger partial charge is 0.397 e. The molecule has 4 N–H and O–H groups in total. The van der Waals surface area contributed by atoms with Gasteiger partial charge < -0.3 is 16.4 Å². The molecule has 0 saturated heterocycles. The van der Waals surface area contributed by atoms with Crippen molar-refractivity contribution in [2.24, 2.45) is 5.73 Å². The minimum atomic E-state index is -0.444. The molecule has 0 saturated carbocycles. The number of carbonyl (C=O) groups excluding carboxylic acids is 1. The van der Waals surface area contributed by atoms with E-state index in [2.05, 4.69) is 18.7 Å². The summed E-state index contributed by atoms with van der Waals surface area (Å²) in [5, 5.41) is 1.03. The van der Waals surface area contributed by atoms with E-state index in [9.17, 15) is 4.79 Å². The third kappa shape index (κ3) is 2.88. The molecule has 0 aliphatic rings. The molecule has 0 bridgehead atoms. The number of carbonyl (C=O) groups is 1. The standard InChI is InChI=1S/C11H19N3OS/c1-3-5-6-14(4-2)9-7-8(12)10(16-9)11(13)15/h7H,3-6,12H2,1-2H3,(H2,13,15). The first-order valence-corrected chi connectivity index (χ1v) is 6.35. The first-order valence-electron chi connectivity index (χ1n) is 5.54. The number of anilines is 2. The van der Waals surface area contributed by atoms with Gasteiger partial charge in [-0.1, -0.05) is 13.3 Å². The molecule has 0 aliphatic carbocycles. The lowest BCUT2D eigenvalue weighted by molar-refractivity contribution is 0.100. The van der Waals surface area contributed by atoms with Gasteiger partial charge in [-0.15, -0.1) is 11.3 Å². The average molecular weight is 241 g/mol. The van der Waals surface area contributed by atoms with Gasteiger partial charge >= 0.3 is 0 Å². The minimum absolute atomic E-state index is 0.444. The smallest absolute Gasteiger partial charge is 0.260 e. The Balaban J connectivity index is 2.85. The van der Waals surface area contributed by atoms with Crippen LogP contribution >= 0.6 is 11.3 Å². The Labute approximate surface area is 100 Å². The van der Waals surface area contributed by atoms with E-state index in [1.807, 2.05) is 6.07 Å². The molecule has 1 aromatic heterocycles. The predicted octanol–water partition coefficient (Wildman–Crippen LogP) is 2.06. The molecule has 1 rings (SSSR count). The van der Waals surface area contributed by atoms with Crippen LogP contribution in [-0.4, -0.2) is 19.0 Å². The van der Waals surface area contributed by atoms with Crippen molar-refractivity contribution < 1.29 is 4.79 Å². The van der Waals surface area contributed by atoms with Gasteiger partial charge in [-0.05, 0) is 19.4 Å². The van der Waals surface area contributed by atoms with Crippen molar-refractivity contribution in [3.63, 3.8) is 0 Å². The Kier molecular flexibility index (Phi) is 4.61. The normalized spacial score (nSPS) is 10.4. The van der Waals surface area contributed by atoms with Gasteiger partial charge in [0.25, 0.3) is 5.91 Å². The molecule has 5 heteroatoms. The van der Waals surface area contributed by atoms with Crippen LogP contribution in [-0.2, 0) is 0 Å². The first kappa shape index (κ1) is 12.8. The van der Waals surface area contributed by atoms with Crippen LogP contribution in [0.25, 0.3) is 0 Å². The average Bonchev–Trinajstić information content (AvgIpc) is 2.62. The highest BCUT2D eigenvalue weighted by molar-refractivity contribution is 7.18. The highest BCUT2D eigenvalue weighted by Gasteiger charge is 2.14. The van der Waals surface area contributed by atoms with E-state index in [1.165, 1.54) is 11.3 Å². The number of amides is 1. The fourth-order valence-corrected chi connectivity index (χ4v) is 2.53. The summed E-state index contributed by atoms with van der Waals surface area (Å²) in [4.78, 5) is 13.8. The van der Waals surface area contributed by atoms with E-state index < -0.39 is 5.91 Å². The molecule has 0 radical (unpaired) electrons. The fourth-order valence-electron chi connectivity index (χ4n) is 1.51. The molecule has 1 aromatic rings. The zero-order valence-electron chi connectivity index (χ0n) is 9.82. The lowest BCUT2D eigenvalue weighted by atomic mass is 10.3. The molecule has 1 amide bonds. The van der Waals surface area contributed by atoms with Crippen LogP contribution in [0.3, 0.4) is 0 Å². The second kappa shape index (κ2) is 5.75. The molecular formula is C11H19N3OS. The van der Waals surface area contributed by atoms with E-state index in [4.69, 9.17) is 11.5 Å². The van der Waals surface area contributed by atoms with E-state index in [1.54, 1.807) is 0 Å². The number of unbranched alkanes of at least 4 members (excludes halogenated alkanes) is 1. The number of hydrogen-bond acceptors (Lipinski definition) is 4. The lowest BCUT2D eigenvalue weighted by Gasteiger charge is -2.20. The second-order valence-electron chi connectivity index (χ2n) is 3.67. The summed E-state index contributed by atoms with van der Waals surface area (Å²) in [5.41, 5.74) is 11.5. The number of rotatable bonds is 6. The quantitative estimate of drug-likeness (QED) is 0.800. The van der Waals surface area contributed by atoms with Crippen LogP contribution in [0.4, 0.5) is 10.7 Å². The summed E-state index contributed by atoms with van der Waals surface area (Å²) in [7, 11) is 0. The van der Waals surface area contributed by atoms with Crippen molar-refractivity contribution in [3.8, 4) is 0 Å². The number of primary amides is 1. The molecule has 0 unspecified atom stereocenters. The van der Waals surface area contributed by atoms with Crippen molar-refractivity contribution in [1.29, 1.82) is 0 Å². The van der Waals surface area contributed by atoms with E-state index in [0.29, 0.717) is 10.6 Å². The maximum atomic E-state index is 11.1.